The summed E-state index contributed by atoms with van der Waals surface area (Å²) in [6.07, 6.45) is -12.0. The first-order chi connectivity index (χ1) is 10.5. The van der Waals surface area contributed by atoms with Gasteiger partial charge < -0.3 is 5.32 Å². The Morgan fingerprint density at radius 1 is 0.875 bits per heavy atom. The Morgan fingerprint density at radius 2 is 1.38 bits per heavy atom. The topological polar surface area (TPSA) is 29.1 Å². The second kappa shape index (κ2) is 5.77. The second-order valence-electron chi connectivity index (χ2n) is 4.29. The Labute approximate surface area is 125 Å². The van der Waals surface area contributed by atoms with E-state index in [0.29, 0.717) is 5.32 Å². The van der Waals surface area contributed by atoms with Crippen molar-refractivity contribution >= 4 is 11.6 Å². The number of benzene rings is 1. The van der Waals surface area contributed by atoms with Crippen molar-refractivity contribution in [2.75, 3.05) is 5.32 Å². The van der Waals surface area contributed by atoms with Crippen LogP contribution in [0, 0.1) is 5.82 Å². The van der Waals surface area contributed by atoms with Crippen LogP contribution in [-0.4, -0.2) is 23.9 Å². The quantitative estimate of drug-likeness (QED) is 0.768. The number of hydrogen-bond acceptors (Lipinski definition) is 1. The van der Waals surface area contributed by atoms with Crippen LogP contribution in [0.1, 0.15) is 5.56 Å². The first-order valence-corrected chi connectivity index (χ1v) is 5.52. The van der Waals surface area contributed by atoms with Gasteiger partial charge in [-0.2, -0.15) is 43.9 Å². The zero-order chi connectivity index (χ0) is 19.1. The number of hydrogen-bond donors (Lipinski definition) is 1. The fraction of sp³-hybridized carbons (Fsp3) is 0.364. The van der Waals surface area contributed by atoms with Gasteiger partial charge in [0.05, 0.1) is 11.3 Å². The molecule has 13 heteroatoms. The average Bonchev–Trinajstić information content (AvgIpc) is 2.38. The molecule has 0 bridgehead atoms. The molecule has 0 heterocycles. The van der Waals surface area contributed by atoms with Gasteiger partial charge in [-0.25, -0.2) is 4.39 Å². The molecule has 2 nitrogen and oxygen atoms in total. The summed E-state index contributed by atoms with van der Waals surface area (Å²) in [7, 11) is 0. The molecule has 1 aromatic rings. The number of anilines is 1. The maximum Gasteiger partial charge on any atom is 0.460 e. The molecule has 0 aliphatic heterocycles. The lowest BCUT2D eigenvalue weighted by atomic mass is 10.1. The van der Waals surface area contributed by atoms with Gasteiger partial charge in [0, 0.05) is 0 Å². The molecule has 0 spiro atoms. The molecular weight excluding hydrogens is 371 g/mol. The Balaban J connectivity index is 3.20. The fourth-order valence-corrected chi connectivity index (χ4v) is 1.32. The smallest absolute Gasteiger partial charge is 0.318 e. The summed E-state index contributed by atoms with van der Waals surface area (Å²) in [5.41, 5.74) is -3.31. The molecule has 0 radical (unpaired) electrons. The number of halogens is 11. The van der Waals surface area contributed by atoms with E-state index in [1.165, 1.54) is 0 Å². The summed E-state index contributed by atoms with van der Waals surface area (Å²) in [6, 6.07) is -0.0546. The molecule has 0 unspecified atom stereocenters. The van der Waals surface area contributed by atoms with E-state index in [4.69, 9.17) is 0 Å². The monoisotopic (exact) mass is 375 g/mol. The summed E-state index contributed by atoms with van der Waals surface area (Å²) < 4.78 is 137. The lowest BCUT2D eigenvalue weighted by Crippen LogP contribution is -2.57. The molecule has 1 rings (SSSR count). The number of rotatable bonds is 3. The van der Waals surface area contributed by atoms with Gasteiger partial charge in [0.15, 0.2) is 0 Å². The van der Waals surface area contributed by atoms with Crippen molar-refractivity contribution in [3.8, 4) is 0 Å². The molecular formula is C11H4F11NO. The average molecular weight is 375 g/mol. The van der Waals surface area contributed by atoms with Crippen LogP contribution in [0.25, 0.3) is 0 Å². The standard InChI is InChI=1S/C11H4F11NO/c12-5-2-1-4(9(15,16)17)3-6(5)23-7(24)8(13,14)10(18,19)11(20,21)22/h1-3H,(H,23,24). The van der Waals surface area contributed by atoms with Crippen LogP contribution >= 0.6 is 0 Å². The van der Waals surface area contributed by atoms with Crippen LogP contribution < -0.4 is 5.32 Å². The summed E-state index contributed by atoms with van der Waals surface area (Å²) in [5, 5.41) is 0.597. The Kier molecular flexibility index (Phi) is 4.80. The Bertz CT molecular complexity index is 632. The van der Waals surface area contributed by atoms with E-state index in [0.717, 1.165) is 0 Å². The summed E-state index contributed by atoms with van der Waals surface area (Å²) in [5.74, 6) is -18.3. The van der Waals surface area contributed by atoms with Gasteiger partial charge >= 0.3 is 30.1 Å². The van der Waals surface area contributed by atoms with Crippen LogP contribution in [0.2, 0.25) is 0 Å². The van der Waals surface area contributed by atoms with Crippen LogP contribution in [0.3, 0.4) is 0 Å². The second-order valence-corrected chi connectivity index (χ2v) is 4.29. The molecule has 0 aliphatic carbocycles. The van der Waals surface area contributed by atoms with Crippen LogP contribution in [0.4, 0.5) is 54.0 Å². The molecule has 0 aliphatic rings. The van der Waals surface area contributed by atoms with Crippen molar-refractivity contribution in [2.45, 2.75) is 24.2 Å². The maximum atomic E-state index is 13.2. The zero-order valence-corrected chi connectivity index (χ0v) is 10.8. The van der Waals surface area contributed by atoms with Crippen LogP contribution in [0.15, 0.2) is 18.2 Å². The minimum atomic E-state index is -6.83. The van der Waals surface area contributed by atoms with Gasteiger partial charge in [-0.3, -0.25) is 4.79 Å². The largest absolute Gasteiger partial charge is 0.460 e. The lowest BCUT2D eigenvalue weighted by molar-refractivity contribution is -0.343. The third kappa shape index (κ3) is 3.53. The Hall–Kier alpha value is -2.08. The van der Waals surface area contributed by atoms with Gasteiger partial charge in [-0.15, -0.1) is 0 Å². The Morgan fingerprint density at radius 3 is 1.79 bits per heavy atom. The number of carbonyl (C=O) groups excluding carboxylic acids is 1. The third-order valence-corrected chi connectivity index (χ3v) is 2.58. The molecule has 0 aromatic heterocycles. The van der Waals surface area contributed by atoms with Gasteiger partial charge in [-0.05, 0) is 18.2 Å². The zero-order valence-electron chi connectivity index (χ0n) is 10.8. The van der Waals surface area contributed by atoms with E-state index < -0.39 is 47.2 Å². The van der Waals surface area contributed by atoms with Crippen molar-refractivity contribution in [1.29, 1.82) is 0 Å². The highest BCUT2D eigenvalue weighted by molar-refractivity contribution is 5.97. The number of nitrogens with one attached hydrogen (secondary N) is 1. The van der Waals surface area contributed by atoms with E-state index >= 15 is 0 Å². The van der Waals surface area contributed by atoms with Crippen molar-refractivity contribution in [2.24, 2.45) is 0 Å². The van der Waals surface area contributed by atoms with Crippen molar-refractivity contribution in [3.05, 3.63) is 29.6 Å². The predicted octanol–water partition coefficient (Wildman–Crippen LogP) is 4.62. The van der Waals surface area contributed by atoms with Gasteiger partial charge in [0.1, 0.15) is 5.82 Å². The molecule has 0 saturated heterocycles. The molecule has 1 amide bonds. The highest BCUT2D eigenvalue weighted by atomic mass is 19.4. The molecule has 1 N–H and O–H groups in total. The lowest BCUT2D eigenvalue weighted by Gasteiger charge is -2.27. The summed E-state index contributed by atoms with van der Waals surface area (Å²) >= 11 is 0. The molecule has 24 heavy (non-hydrogen) atoms. The van der Waals surface area contributed by atoms with E-state index in [-0.39, 0.29) is 18.2 Å². The molecule has 1 aromatic carbocycles. The number of alkyl halides is 10. The highest BCUT2D eigenvalue weighted by Crippen LogP contribution is 2.47. The molecule has 0 saturated carbocycles. The van der Waals surface area contributed by atoms with E-state index in [9.17, 15) is 53.1 Å². The first kappa shape index (κ1) is 20.0. The van der Waals surface area contributed by atoms with Gasteiger partial charge in [-0.1, -0.05) is 0 Å². The van der Waals surface area contributed by atoms with Gasteiger partial charge in [0.2, 0.25) is 0 Å². The fourth-order valence-electron chi connectivity index (χ4n) is 1.32. The predicted molar refractivity (Wildman–Crippen MR) is 56.0 cm³/mol. The molecule has 136 valence electrons. The van der Waals surface area contributed by atoms with E-state index in [1.54, 1.807) is 0 Å². The minimum absolute atomic E-state index is 0.0540. The minimum Gasteiger partial charge on any atom is -0.318 e. The number of carbonyl (C=O) groups is 1. The van der Waals surface area contributed by atoms with Crippen molar-refractivity contribution in [1.82, 2.24) is 0 Å². The first-order valence-electron chi connectivity index (χ1n) is 5.52. The van der Waals surface area contributed by atoms with E-state index in [1.807, 2.05) is 0 Å². The van der Waals surface area contributed by atoms with E-state index in [2.05, 4.69) is 0 Å². The van der Waals surface area contributed by atoms with Crippen LogP contribution in [-0.2, 0) is 11.0 Å². The van der Waals surface area contributed by atoms with Crippen molar-refractivity contribution in [3.63, 3.8) is 0 Å². The molecule has 0 atom stereocenters. The SMILES string of the molecule is O=C(Nc1cc(C(F)(F)F)ccc1F)C(F)(F)C(F)(F)C(F)(F)F. The number of amides is 1. The van der Waals surface area contributed by atoms with Gasteiger partial charge in [0.25, 0.3) is 0 Å². The molecule has 0 fully saturated rings. The third-order valence-electron chi connectivity index (χ3n) is 2.58. The van der Waals surface area contributed by atoms with Crippen molar-refractivity contribution < 1.29 is 53.1 Å². The summed E-state index contributed by atoms with van der Waals surface area (Å²) in [4.78, 5) is 11.0. The highest BCUT2D eigenvalue weighted by Gasteiger charge is 2.76. The summed E-state index contributed by atoms with van der Waals surface area (Å²) in [6.45, 7) is 0. The normalized spacial score (nSPS) is 13.8. The maximum absolute atomic E-state index is 13.2. The van der Waals surface area contributed by atoms with Crippen LogP contribution in [0.5, 0.6) is 0 Å².